The van der Waals surface area contributed by atoms with E-state index in [1.54, 1.807) is 79.2 Å². The minimum atomic E-state index is -4.04. The third-order valence-corrected chi connectivity index (χ3v) is 7.48. The van der Waals surface area contributed by atoms with E-state index >= 15 is 0 Å². The maximum Gasteiger partial charge on any atom is 0.326 e. The molecule has 3 N–H and O–H groups in total. The number of hydrogen-bond acceptors (Lipinski definition) is 7. The van der Waals surface area contributed by atoms with Gasteiger partial charge in [-0.3, -0.25) is 14.5 Å². The molecular formula is C26H27N5O5S. The molecule has 1 heterocycles. The smallest absolute Gasteiger partial charge is 0.326 e. The quantitative estimate of drug-likeness (QED) is 0.185. The van der Waals surface area contributed by atoms with E-state index in [2.05, 4.69) is 4.98 Å². The summed E-state index contributed by atoms with van der Waals surface area (Å²) in [6.45, 7) is 1.49. The second kappa shape index (κ2) is 10.7. The highest BCUT2D eigenvalue weighted by Gasteiger charge is 2.28. The van der Waals surface area contributed by atoms with Crippen molar-refractivity contribution in [1.82, 2.24) is 9.55 Å². The summed E-state index contributed by atoms with van der Waals surface area (Å²) in [6, 6.07) is 19.8. The van der Waals surface area contributed by atoms with Crippen molar-refractivity contribution in [3.05, 3.63) is 84.2 Å². The van der Waals surface area contributed by atoms with Gasteiger partial charge in [0.25, 0.3) is 10.0 Å². The molecule has 37 heavy (non-hydrogen) atoms. The van der Waals surface area contributed by atoms with Crippen molar-refractivity contribution in [2.45, 2.75) is 18.4 Å². The van der Waals surface area contributed by atoms with Gasteiger partial charge in [-0.05, 0) is 61.5 Å². The molecular weight excluding hydrogens is 494 g/mol. The Balaban J connectivity index is 1.65. The Morgan fingerprint density at radius 2 is 1.78 bits per heavy atom. The average molecular weight is 522 g/mol. The van der Waals surface area contributed by atoms with Gasteiger partial charge in [-0.25, -0.2) is 13.4 Å². The highest BCUT2D eigenvalue weighted by atomic mass is 32.2. The van der Waals surface area contributed by atoms with Gasteiger partial charge in [0.1, 0.15) is 30.6 Å². The number of sulfonamides is 1. The molecule has 0 spiro atoms. The van der Waals surface area contributed by atoms with Crippen molar-refractivity contribution in [2.24, 2.45) is 12.8 Å². The van der Waals surface area contributed by atoms with E-state index in [4.69, 9.17) is 20.6 Å². The van der Waals surface area contributed by atoms with Gasteiger partial charge in [0.15, 0.2) is 0 Å². The standard InChI is InChI=1S/C26H27N5O5S/c1-3-35-25(32)16-31(37(33,34)21-7-5-4-6-8-21)19-11-14-22-23(15-19)30(2)24(29-22)17-36-20-12-9-18(10-13-20)26(27)28/h4-15H,3,16-17H2,1-2H3,(H3,27,28). The minimum Gasteiger partial charge on any atom is -0.486 e. The maximum atomic E-state index is 13.5. The third kappa shape index (κ3) is 5.56. The number of fused-ring (bicyclic) bond motifs is 1. The van der Waals surface area contributed by atoms with E-state index in [9.17, 15) is 13.2 Å². The largest absolute Gasteiger partial charge is 0.486 e. The number of aromatic nitrogens is 2. The van der Waals surface area contributed by atoms with Gasteiger partial charge in [-0.15, -0.1) is 0 Å². The van der Waals surface area contributed by atoms with Crippen molar-refractivity contribution < 1.29 is 22.7 Å². The molecule has 0 fully saturated rings. The minimum absolute atomic E-state index is 0.0241. The fourth-order valence-corrected chi connectivity index (χ4v) is 5.17. The van der Waals surface area contributed by atoms with Gasteiger partial charge in [-0.2, -0.15) is 0 Å². The summed E-state index contributed by atoms with van der Waals surface area (Å²) in [6.07, 6.45) is 0. The van der Waals surface area contributed by atoms with Gasteiger partial charge in [0.2, 0.25) is 0 Å². The molecule has 0 aliphatic rings. The molecule has 10 nitrogen and oxygen atoms in total. The van der Waals surface area contributed by atoms with Gasteiger partial charge >= 0.3 is 5.97 Å². The number of nitrogens with two attached hydrogens (primary N) is 1. The molecule has 3 aromatic carbocycles. The van der Waals surface area contributed by atoms with Crippen molar-refractivity contribution in [3.8, 4) is 5.75 Å². The van der Waals surface area contributed by atoms with Crippen LogP contribution in [0.25, 0.3) is 11.0 Å². The summed E-state index contributed by atoms with van der Waals surface area (Å²) in [5.41, 5.74) is 7.70. The van der Waals surface area contributed by atoms with Crippen molar-refractivity contribution in [1.29, 1.82) is 5.41 Å². The highest BCUT2D eigenvalue weighted by Crippen LogP contribution is 2.28. The van der Waals surface area contributed by atoms with E-state index in [-0.39, 0.29) is 23.9 Å². The Morgan fingerprint density at radius 1 is 1.08 bits per heavy atom. The number of nitrogens with one attached hydrogen (secondary N) is 1. The fourth-order valence-electron chi connectivity index (χ4n) is 3.75. The number of carbonyl (C=O) groups excluding carboxylic acids is 1. The molecule has 0 atom stereocenters. The van der Waals surface area contributed by atoms with Gasteiger partial charge in [-0.1, -0.05) is 18.2 Å². The van der Waals surface area contributed by atoms with Crippen LogP contribution in [0.2, 0.25) is 0 Å². The Kier molecular flexibility index (Phi) is 7.44. The molecule has 0 aliphatic heterocycles. The van der Waals surface area contributed by atoms with Gasteiger partial charge < -0.3 is 19.8 Å². The molecule has 0 bridgehead atoms. The lowest BCUT2D eigenvalue weighted by Gasteiger charge is -2.23. The number of imidazole rings is 1. The first-order chi connectivity index (χ1) is 17.7. The van der Waals surface area contributed by atoms with E-state index < -0.39 is 22.5 Å². The van der Waals surface area contributed by atoms with Crippen molar-refractivity contribution in [3.63, 3.8) is 0 Å². The number of nitrogens with zero attached hydrogens (tertiary/aromatic N) is 3. The van der Waals surface area contributed by atoms with Crippen LogP contribution in [0.1, 0.15) is 18.3 Å². The Morgan fingerprint density at radius 3 is 2.43 bits per heavy atom. The van der Waals surface area contributed by atoms with Gasteiger partial charge in [0, 0.05) is 12.6 Å². The first-order valence-electron chi connectivity index (χ1n) is 11.5. The van der Waals surface area contributed by atoms with Crippen LogP contribution in [0.15, 0.2) is 77.7 Å². The lowest BCUT2D eigenvalue weighted by Crippen LogP contribution is -2.36. The number of rotatable bonds is 10. The molecule has 0 unspecified atom stereocenters. The number of benzene rings is 3. The molecule has 4 rings (SSSR count). The number of nitrogen functional groups attached to an aromatic ring is 1. The first-order valence-corrected chi connectivity index (χ1v) is 12.9. The first kappa shape index (κ1) is 25.7. The van der Waals surface area contributed by atoms with Crippen LogP contribution < -0.4 is 14.8 Å². The Labute approximate surface area is 214 Å². The number of carbonyl (C=O) groups is 1. The van der Waals surface area contributed by atoms with E-state index in [0.717, 1.165) is 4.31 Å². The van der Waals surface area contributed by atoms with Crippen molar-refractivity contribution >= 4 is 38.5 Å². The van der Waals surface area contributed by atoms with Crippen LogP contribution in [0.4, 0.5) is 5.69 Å². The van der Waals surface area contributed by atoms with E-state index in [1.807, 2.05) is 0 Å². The zero-order valence-corrected chi connectivity index (χ0v) is 21.2. The molecule has 0 radical (unpaired) electrons. The molecule has 0 aliphatic carbocycles. The molecule has 11 heteroatoms. The number of esters is 1. The molecule has 0 saturated heterocycles. The second-order valence-electron chi connectivity index (χ2n) is 8.12. The van der Waals surface area contributed by atoms with E-state index in [0.29, 0.717) is 33.9 Å². The van der Waals surface area contributed by atoms with Crippen LogP contribution in [0.5, 0.6) is 5.75 Å². The van der Waals surface area contributed by atoms with Crippen LogP contribution in [0, 0.1) is 5.41 Å². The summed E-state index contributed by atoms with van der Waals surface area (Å²) in [5.74, 6) is 0.527. The second-order valence-corrected chi connectivity index (χ2v) is 9.98. The maximum absolute atomic E-state index is 13.5. The van der Waals surface area contributed by atoms with Crippen LogP contribution in [-0.4, -0.2) is 42.9 Å². The SMILES string of the molecule is CCOC(=O)CN(c1ccc2nc(COc3ccc(C(=N)N)cc3)n(C)c2c1)S(=O)(=O)c1ccccc1. The summed E-state index contributed by atoms with van der Waals surface area (Å²) >= 11 is 0. The van der Waals surface area contributed by atoms with Crippen LogP contribution in [-0.2, 0) is 33.2 Å². The Bertz CT molecular complexity index is 1530. The summed E-state index contributed by atoms with van der Waals surface area (Å²) in [4.78, 5) is 17.0. The predicted molar refractivity (Wildman–Crippen MR) is 140 cm³/mol. The molecule has 192 valence electrons. The van der Waals surface area contributed by atoms with Gasteiger partial charge in [0.05, 0.1) is 28.2 Å². The zero-order chi connectivity index (χ0) is 26.6. The van der Waals surface area contributed by atoms with E-state index in [1.165, 1.54) is 12.1 Å². The van der Waals surface area contributed by atoms with Crippen molar-refractivity contribution in [2.75, 3.05) is 17.5 Å². The summed E-state index contributed by atoms with van der Waals surface area (Å²) in [5, 5.41) is 7.48. The predicted octanol–water partition coefficient (Wildman–Crippen LogP) is 3.19. The topological polar surface area (TPSA) is 141 Å². The molecule has 1 aromatic heterocycles. The number of hydrogen-bond donors (Lipinski definition) is 2. The number of ether oxygens (including phenoxy) is 2. The Hall–Kier alpha value is -4.38. The number of aryl methyl sites for hydroxylation is 1. The summed E-state index contributed by atoms with van der Waals surface area (Å²) < 4.78 is 40.7. The molecule has 0 saturated carbocycles. The number of amidine groups is 1. The van der Waals surface area contributed by atoms with Crippen LogP contribution in [0.3, 0.4) is 0 Å². The monoisotopic (exact) mass is 521 g/mol. The fraction of sp³-hybridized carbons (Fsp3) is 0.192. The lowest BCUT2D eigenvalue weighted by atomic mass is 10.2. The molecule has 4 aromatic rings. The average Bonchev–Trinajstić information content (AvgIpc) is 3.21. The molecule has 0 amide bonds. The highest BCUT2D eigenvalue weighted by molar-refractivity contribution is 7.92. The number of anilines is 1. The van der Waals surface area contributed by atoms with Crippen LogP contribution >= 0.6 is 0 Å². The third-order valence-electron chi connectivity index (χ3n) is 5.69. The lowest BCUT2D eigenvalue weighted by molar-refractivity contribution is -0.141. The zero-order valence-electron chi connectivity index (χ0n) is 20.4. The normalized spacial score (nSPS) is 11.3. The summed E-state index contributed by atoms with van der Waals surface area (Å²) in [7, 11) is -2.24.